The molecule has 0 aliphatic carbocycles. The molecule has 0 aliphatic heterocycles. The van der Waals surface area contributed by atoms with Crippen molar-refractivity contribution in [1.29, 1.82) is 5.41 Å². The van der Waals surface area contributed by atoms with E-state index in [1.54, 1.807) is 0 Å². The molecule has 0 amide bonds. The van der Waals surface area contributed by atoms with E-state index >= 15 is 0 Å². The minimum atomic E-state index is -0.0145. The number of nitrogens with one attached hydrogen (secondary N) is 3. The second kappa shape index (κ2) is 4.96. The maximum absolute atomic E-state index is 6.93. The summed E-state index contributed by atoms with van der Waals surface area (Å²) >= 11 is 0. The van der Waals surface area contributed by atoms with Gasteiger partial charge in [0.05, 0.1) is 0 Å². The molecule has 1 aromatic carbocycles. The molecule has 0 saturated carbocycles. The summed E-state index contributed by atoms with van der Waals surface area (Å²) in [5, 5.41) is 12.8. The van der Waals surface area contributed by atoms with Crippen LogP contribution in [0, 0.1) is 5.41 Å². The normalized spacial score (nSPS) is 9.43. The summed E-state index contributed by atoms with van der Waals surface area (Å²) in [6.07, 6.45) is 0. The maximum Gasteiger partial charge on any atom is 0.185 e. The van der Waals surface area contributed by atoms with Crippen LogP contribution in [-0.2, 0) is 0 Å². The van der Waals surface area contributed by atoms with Gasteiger partial charge < -0.3 is 22.1 Å². The molecule has 0 fully saturated rings. The van der Waals surface area contributed by atoms with Crippen molar-refractivity contribution in [2.45, 2.75) is 0 Å². The number of benzene rings is 1. The molecule has 7 N–H and O–H groups in total. The van der Waals surface area contributed by atoms with Crippen molar-refractivity contribution in [2.75, 3.05) is 24.1 Å². The van der Waals surface area contributed by atoms with Crippen LogP contribution < -0.4 is 22.1 Å². The van der Waals surface area contributed by atoms with Gasteiger partial charge in [0.1, 0.15) is 0 Å². The molecular weight excluding hydrogens is 178 g/mol. The van der Waals surface area contributed by atoms with E-state index in [-0.39, 0.29) is 5.96 Å². The van der Waals surface area contributed by atoms with Crippen LogP contribution in [0.15, 0.2) is 24.3 Å². The highest BCUT2D eigenvalue weighted by atomic mass is 15.1. The first kappa shape index (κ1) is 10.2. The van der Waals surface area contributed by atoms with Crippen LogP contribution in [0.25, 0.3) is 0 Å². The zero-order valence-corrected chi connectivity index (χ0v) is 7.88. The Morgan fingerprint density at radius 1 is 1.36 bits per heavy atom. The van der Waals surface area contributed by atoms with E-state index in [1.807, 2.05) is 24.3 Å². The van der Waals surface area contributed by atoms with E-state index in [4.69, 9.17) is 16.9 Å². The molecule has 5 nitrogen and oxygen atoms in total. The van der Waals surface area contributed by atoms with Gasteiger partial charge in [-0.15, -0.1) is 0 Å². The van der Waals surface area contributed by atoms with Gasteiger partial charge in [0.25, 0.3) is 0 Å². The van der Waals surface area contributed by atoms with Gasteiger partial charge in [-0.3, -0.25) is 5.41 Å². The Balaban J connectivity index is 2.28. The molecule has 14 heavy (non-hydrogen) atoms. The molecule has 0 saturated heterocycles. The second-order valence-electron chi connectivity index (χ2n) is 2.89. The van der Waals surface area contributed by atoms with Gasteiger partial charge in [0, 0.05) is 24.5 Å². The SMILES string of the molecule is N=C(N)NCCNc1cccc(N)c1. The Morgan fingerprint density at radius 3 is 2.79 bits per heavy atom. The summed E-state index contributed by atoms with van der Waals surface area (Å²) in [7, 11) is 0. The predicted molar refractivity (Wildman–Crippen MR) is 59.3 cm³/mol. The van der Waals surface area contributed by atoms with E-state index in [9.17, 15) is 0 Å². The Labute approximate surface area is 83.0 Å². The molecule has 0 aliphatic rings. The van der Waals surface area contributed by atoms with Gasteiger partial charge in [-0.25, -0.2) is 0 Å². The fourth-order valence-corrected chi connectivity index (χ4v) is 1.05. The lowest BCUT2D eigenvalue weighted by molar-refractivity contribution is 0.892. The van der Waals surface area contributed by atoms with Crippen molar-refractivity contribution in [3.63, 3.8) is 0 Å². The molecule has 0 radical (unpaired) electrons. The number of hydrogen-bond acceptors (Lipinski definition) is 3. The van der Waals surface area contributed by atoms with E-state index in [2.05, 4.69) is 10.6 Å². The van der Waals surface area contributed by atoms with Crippen LogP contribution in [0.5, 0.6) is 0 Å². The summed E-state index contributed by atoms with van der Waals surface area (Å²) < 4.78 is 0. The topological polar surface area (TPSA) is 100.0 Å². The summed E-state index contributed by atoms with van der Waals surface area (Å²) in [5.41, 5.74) is 12.4. The van der Waals surface area contributed by atoms with Crippen molar-refractivity contribution in [1.82, 2.24) is 5.32 Å². The van der Waals surface area contributed by atoms with Crippen LogP contribution in [0.4, 0.5) is 11.4 Å². The quantitative estimate of drug-likeness (QED) is 0.203. The van der Waals surface area contributed by atoms with Crippen LogP contribution >= 0.6 is 0 Å². The number of anilines is 2. The number of nitrogen functional groups attached to an aromatic ring is 1. The van der Waals surface area contributed by atoms with Gasteiger partial charge in [0.2, 0.25) is 0 Å². The second-order valence-corrected chi connectivity index (χ2v) is 2.89. The van der Waals surface area contributed by atoms with Crippen LogP contribution in [-0.4, -0.2) is 19.0 Å². The molecule has 0 unspecified atom stereocenters. The predicted octanol–water partition coefficient (Wildman–Crippen LogP) is 0.164. The van der Waals surface area contributed by atoms with Crippen molar-refractivity contribution < 1.29 is 0 Å². The van der Waals surface area contributed by atoms with Crippen molar-refractivity contribution >= 4 is 17.3 Å². The van der Waals surface area contributed by atoms with Crippen LogP contribution in [0.3, 0.4) is 0 Å². The lowest BCUT2D eigenvalue weighted by Crippen LogP contribution is -2.33. The third-order valence-corrected chi connectivity index (χ3v) is 1.66. The van der Waals surface area contributed by atoms with E-state index < -0.39 is 0 Å². The summed E-state index contributed by atoms with van der Waals surface area (Å²) in [6.45, 7) is 1.31. The summed E-state index contributed by atoms with van der Waals surface area (Å²) in [5.74, 6) is -0.0145. The van der Waals surface area contributed by atoms with Crippen LogP contribution in [0.2, 0.25) is 0 Å². The Hall–Kier alpha value is -1.91. The minimum absolute atomic E-state index is 0.0145. The van der Waals surface area contributed by atoms with Gasteiger partial charge >= 0.3 is 0 Å². The Bertz CT molecular complexity index is 310. The lowest BCUT2D eigenvalue weighted by atomic mass is 10.3. The molecule has 0 atom stereocenters. The number of guanidine groups is 1. The number of rotatable bonds is 4. The fraction of sp³-hybridized carbons (Fsp3) is 0.222. The molecule has 1 aromatic rings. The van der Waals surface area contributed by atoms with Crippen molar-refractivity contribution in [3.8, 4) is 0 Å². The molecular formula is C9H15N5. The van der Waals surface area contributed by atoms with Gasteiger partial charge in [-0.05, 0) is 18.2 Å². The number of nitrogens with two attached hydrogens (primary N) is 2. The summed E-state index contributed by atoms with van der Waals surface area (Å²) in [4.78, 5) is 0. The Morgan fingerprint density at radius 2 is 2.14 bits per heavy atom. The summed E-state index contributed by atoms with van der Waals surface area (Å²) in [6, 6.07) is 7.51. The highest BCUT2D eigenvalue weighted by Crippen LogP contribution is 2.10. The van der Waals surface area contributed by atoms with Crippen molar-refractivity contribution in [3.05, 3.63) is 24.3 Å². The monoisotopic (exact) mass is 193 g/mol. The molecule has 0 bridgehead atoms. The average molecular weight is 193 g/mol. The standard InChI is InChI=1S/C9H15N5/c10-7-2-1-3-8(6-7)13-4-5-14-9(11)12/h1-3,6,13H,4-5,10H2,(H4,11,12,14). The van der Waals surface area contributed by atoms with Gasteiger partial charge in [-0.1, -0.05) is 6.07 Å². The fourth-order valence-electron chi connectivity index (χ4n) is 1.05. The highest BCUT2D eigenvalue weighted by Gasteiger charge is 1.91. The van der Waals surface area contributed by atoms with Crippen molar-refractivity contribution in [2.24, 2.45) is 5.73 Å². The largest absolute Gasteiger partial charge is 0.399 e. The third-order valence-electron chi connectivity index (χ3n) is 1.66. The van der Waals surface area contributed by atoms with E-state index in [0.29, 0.717) is 13.1 Å². The first-order chi connectivity index (χ1) is 6.68. The van der Waals surface area contributed by atoms with Gasteiger partial charge in [-0.2, -0.15) is 0 Å². The first-order valence-corrected chi connectivity index (χ1v) is 4.36. The number of hydrogen-bond donors (Lipinski definition) is 5. The minimum Gasteiger partial charge on any atom is -0.399 e. The van der Waals surface area contributed by atoms with E-state index in [1.165, 1.54) is 0 Å². The van der Waals surface area contributed by atoms with Gasteiger partial charge in [0.15, 0.2) is 5.96 Å². The average Bonchev–Trinajstić information content (AvgIpc) is 2.12. The van der Waals surface area contributed by atoms with Crippen LogP contribution in [0.1, 0.15) is 0 Å². The first-order valence-electron chi connectivity index (χ1n) is 4.36. The maximum atomic E-state index is 6.93. The molecule has 0 spiro atoms. The smallest absolute Gasteiger partial charge is 0.185 e. The molecule has 5 heteroatoms. The molecule has 0 heterocycles. The third kappa shape index (κ3) is 3.66. The molecule has 0 aromatic heterocycles. The zero-order valence-electron chi connectivity index (χ0n) is 7.88. The highest BCUT2D eigenvalue weighted by molar-refractivity contribution is 5.74. The molecule has 1 rings (SSSR count). The molecule has 76 valence electrons. The zero-order chi connectivity index (χ0) is 10.4. The van der Waals surface area contributed by atoms with E-state index in [0.717, 1.165) is 11.4 Å². The Kier molecular flexibility index (Phi) is 3.60. The lowest BCUT2D eigenvalue weighted by Gasteiger charge is -2.07.